The molecule has 0 saturated carbocycles. The Kier molecular flexibility index (Phi) is 3.27. The van der Waals surface area contributed by atoms with Crippen LogP contribution < -0.4 is 5.56 Å². The van der Waals surface area contributed by atoms with Crippen molar-refractivity contribution in [3.05, 3.63) is 51.5 Å². The summed E-state index contributed by atoms with van der Waals surface area (Å²) in [5.41, 5.74) is 1.73. The van der Waals surface area contributed by atoms with Gasteiger partial charge in [0, 0.05) is 10.8 Å². The molecule has 0 bridgehead atoms. The van der Waals surface area contributed by atoms with Crippen LogP contribution in [-0.4, -0.2) is 19.9 Å². The Morgan fingerprint density at radius 3 is 2.84 bits per heavy atom. The summed E-state index contributed by atoms with van der Waals surface area (Å²) < 4.78 is 0. The first-order chi connectivity index (χ1) is 9.22. The maximum atomic E-state index is 11.7. The molecule has 3 rings (SSSR count). The largest absolute Gasteiger partial charge is 0.339 e. The topological polar surface area (TPSA) is 74.4 Å². The average molecular weight is 293 g/mol. The first-order valence-corrected chi connectivity index (χ1v) is 6.89. The molecule has 7 heteroatoms. The molecule has 2 aromatic heterocycles. The van der Waals surface area contributed by atoms with Crippen molar-refractivity contribution in [3.63, 3.8) is 0 Å². The van der Waals surface area contributed by atoms with Crippen molar-refractivity contribution < 1.29 is 0 Å². The van der Waals surface area contributed by atoms with Gasteiger partial charge in [-0.15, -0.1) is 0 Å². The molecule has 2 heterocycles. The third-order valence-corrected chi connectivity index (χ3v) is 3.76. The third kappa shape index (κ3) is 2.64. The van der Waals surface area contributed by atoms with Crippen LogP contribution >= 0.6 is 23.4 Å². The fourth-order valence-corrected chi connectivity index (χ4v) is 2.56. The van der Waals surface area contributed by atoms with Crippen LogP contribution in [0.25, 0.3) is 11.2 Å². The molecule has 19 heavy (non-hydrogen) atoms. The normalized spacial score (nSPS) is 11.0. The summed E-state index contributed by atoms with van der Waals surface area (Å²) in [5, 5.41) is 1.26. The van der Waals surface area contributed by atoms with E-state index in [0.717, 1.165) is 5.56 Å². The lowest BCUT2D eigenvalue weighted by atomic mass is 10.2. The van der Waals surface area contributed by atoms with E-state index in [9.17, 15) is 4.79 Å². The van der Waals surface area contributed by atoms with E-state index in [-0.39, 0.29) is 5.56 Å². The molecule has 0 atom stereocenters. The predicted octanol–water partition coefficient (Wildman–Crippen LogP) is 2.59. The molecule has 0 fully saturated rings. The number of rotatable bonds is 3. The van der Waals surface area contributed by atoms with E-state index in [1.54, 1.807) is 0 Å². The van der Waals surface area contributed by atoms with Crippen molar-refractivity contribution in [3.8, 4) is 0 Å². The molecule has 1 aromatic carbocycles. The van der Waals surface area contributed by atoms with Gasteiger partial charge < -0.3 is 4.98 Å². The maximum Gasteiger partial charge on any atom is 0.277 e. The van der Waals surface area contributed by atoms with Gasteiger partial charge in [0.2, 0.25) is 0 Å². The van der Waals surface area contributed by atoms with E-state index >= 15 is 0 Å². The molecular weight excluding hydrogens is 284 g/mol. The lowest BCUT2D eigenvalue weighted by Gasteiger charge is -2.01. The number of halogens is 1. The Hall–Kier alpha value is -1.79. The van der Waals surface area contributed by atoms with Gasteiger partial charge >= 0.3 is 0 Å². The van der Waals surface area contributed by atoms with Gasteiger partial charge in [-0.2, -0.15) is 0 Å². The van der Waals surface area contributed by atoms with Gasteiger partial charge in [0.1, 0.15) is 0 Å². The van der Waals surface area contributed by atoms with Crippen LogP contribution in [0.1, 0.15) is 5.56 Å². The van der Waals surface area contributed by atoms with E-state index in [1.165, 1.54) is 18.1 Å². The van der Waals surface area contributed by atoms with Crippen LogP contribution in [0, 0.1) is 0 Å². The molecule has 0 saturated heterocycles. The Morgan fingerprint density at radius 1 is 1.26 bits per heavy atom. The number of benzene rings is 1. The van der Waals surface area contributed by atoms with Crippen molar-refractivity contribution in [2.24, 2.45) is 0 Å². The SMILES string of the molecule is O=c1[nH]c(SCc2ccc(Cl)cc2)nc2nc[nH]c12. The Labute approximate surface area is 117 Å². The Morgan fingerprint density at radius 2 is 2.05 bits per heavy atom. The summed E-state index contributed by atoms with van der Waals surface area (Å²) in [7, 11) is 0. The highest BCUT2D eigenvalue weighted by atomic mass is 35.5. The van der Waals surface area contributed by atoms with Gasteiger partial charge in [0.25, 0.3) is 5.56 Å². The van der Waals surface area contributed by atoms with Gasteiger partial charge in [-0.25, -0.2) is 9.97 Å². The number of H-pyrrole nitrogens is 2. The molecule has 0 aliphatic carbocycles. The lowest BCUT2D eigenvalue weighted by Crippen LogP contribution is -2.09. The fraction of sp³-hybridized carbons (Fsp3) is 0.0833. The lowest BCUT2D eigenvalue weighted by molar-refractivity contribution is 0.964. The van der Waals surface area contributed by atoms with Crippen LogP contribution in [-0.2, 0) is 5.75 Å². The molecule has 0 unspecified atom stereocenters. The zero-order chi connectivity index (χ0) is 13.2. The monoisotopic (exact) mass is 292 g/mol. The van der Waals surface area contributed by atoms with Crippen LogP contribution in [0.5, 0.6) is 0 Å². The quantitative estimate of drug-likeness (QED) is 0.575. The van der Waals surface area contributed by atoms with E-state index in [2.05, 4.69) is 19.9 Å². The van der Waals surface area contributed by atoms with Crippen molar-refractivity contribution in [2.45, 2.75) is 10.9 Å². The molecule has 0 radical (unpaired) electrons. The van der Waals surface area contributed by atoms with E-state index in [1.807, 2.05) is 24.3 Å². The van der Waals surface area contributed by atoms with Gasteiger partial charge in [0.05, 0.1) is 6.33 Å². The fourth-order valence-electron chi connectivity index (χ4n) is 1.62. The van der Waals surface area contributed by atoms with Crippen molar-refractivity contribution in [1.29, 1.82) is 0 Å². The summed E-state index contributed by atoms with van der Waals surface area (Å²) >= 11 is 7.27. The van der Waals surface area contributed by atoms with Gasteiger partial charge in [-0.05, 0) is 17.7 Å². The molecule has 3 aromatic rings. The zero-order valence-corrected chi connectivity index (χ0v) is 11.3. The molecule has 5 nitrogen and oxygen atoms in total. The van der Waals surface area contributed by atoms with Gasteiger partial charge in [-0.1, -0.05) is 35.5 Å². The number of aromatic amines is 2. The number of hydrogen-bond acceptors (Lipinski definition) is 4. The molecule has 0 spiro atoms. The number of fused-ring (bicyclic) bond motifs is 1. The highest BCUT2D eigenvalue weighted by Crippen LogP contribution is 2.20. The predicted molar refractivity (Wildman–Crippen MR) is 75.5 cm³/mol. The standard InChI is InChI=1S/C12H9ClN4OS/c13-8-3-1-7(2-4-8)5-19-12-16-10-9(11(18)17-12)14-6-15-10/h1-4,6H,5H2,(H2,14,15,16,17,18). The van der Waals surface area contributed by atoms with E-state index < -0.39 is 0 Å². The number of nitrogens with zero attached hydrogens (tertiary/aromatic N) is 2. The van der Waals surface area contributed by atoms with Crippen molar-refractivity contribution in [2.75, 3.05) is 0 Å². The highest BCUT2D eigenvalue weighted by Gasteiger charge is 2.06. The number of thioether (sulfide) groups is 1. The number of aromatic nitrogens is 4. The van der Waals surface area contributed by atoms with Crippen molar-refractivity contribution in [1.82, 2.24) is 19.9 Å². The Balaban J connectivity index is 1.81. The second kappa shape index (κ2) is 5.07. The minimum absolute atomic E-state index is 0.207. The number of nitrogens with one attached hydrogen (secondary N) is 2. The average Bonchev–Trinajstić information content (AvgIpc) is 2.87. The van der Waals surface area contributed by atoms with Gasteiger partial charge in [0.15, 0.2) is 16.3 Å². The summed E-state index contributed by atoms with van der Waals surface area (Å²) in [4.78, 5) is 25.4. The van der Waals surface area contributed by atoms with Crippen LogP contribution in [0.4, 0.5) is 0 Å². The van der Waals surface area contributed by atoms with Crippen LogP contribution in [0.2, 0.25) is 5.02 Å². The molecule has 2 N–H and O–H groups in total. The molecule has 0 amide bonds. The summed E-state index contributed by atoms with van der Waals surface area (Å²) in [6.45, 7) is 0. The number of hydrogen-bond donors (Lipinski definition) is 2. The minimum Gasteiger partial charge on any atom is -0.339 e. The van der Waals surface area contributed by atoms with E-state index in [4.69, 9.17) is 11.6 Å². The highest BCUT2D eigenvalue weighted by molar-refractivity contribution is 7.98. The van der Waals surface area contributed by atoms with Crippen LogP contribution in [0.3, 0.4) is 0 Å². The third-order valence-electron chi connectivity index (χ3n) is 2.56. The molecular formula is C12H9ClN4OS. The zero-order valence-electron chi connectivity index (χ0n) is 9.68. The summed E-state index contributed by atoms with van der Waals surface area (Å²) in [6.07, 6.45) is 1.46. The van der Waals surface area contributed by atoms with Gasteiger partial charge in [-0.3, -0.25) is 9.78 Å². The first kappa shape index (κ1) is 12.3. The Bertz CT molecular complexity index is 765. The minimum atomic E-state index is -0.207. The second-order valence-electron chi connectivity index (χ2n) is 3.89. The first-order valence-electron chi connectivity index (χ1n) is 5.53. The molecule has 0 aliphatic heterocycles. The maximum absolute atomic E-state index is 11.7. The molecule has 0 aliphatic rings. The number of imidazole rings is 1. The van der Waals surface area contributed by atoms with Crippen molar-refractivity contribution >= 4 is 34.5 Å². The van der Waals surface area contributed by atoms with E-state index in [0.29, 0.717) is 27.1 Å². The second-order valence-corrected chi connectivity index (χ2v) is 5.29. The summed E-state index contributed by atoms with van der Waals surface area (Å²) in [5.74, 6) is 0.704. The molecule has 96 valence electrons. The smallest absolute Gasteiger partial charge is 0.277 e. The summed E-state index contributed by atoms with van der Waals surface area (Å²) in [6, 6.07) is 7.57. The van der Waals surface area contributed by atoms with Crippen LogP contribution in [0.15, 0.2) is 40.5 Å².